The second-order valence-electron chi connectivity index (χ2n) is 26.8. The molecular formula is C108H96Au6P6Se2+8. The molecule has 628 valence electrons. The van der Waals surface area contributed by atoms with Crippen LogP contribution >= 0.6 is 47.5 Å². The summed E-state index contributed by atoms with van der Waals surface area (Å²) in [5.41, 5.74) is 0. The first-order chi connectivity index (χ1) is 56.7. The van der Waals surface area contributed by atoms with Gasteiger partial charge in [-0.25, -0.2) is 0 Å². The van der Waals surface area contributed by atoms with Crippen molar-refractivity contribution >= 4 is 177 Å². The topological polar surface area (TPSA) is 0 Å². The van der Waals surface area contributed by atoms with E-state index >= 15 is 0 Å². The van der Waals surface area contributed by atoms with E-state index < -0.39 is 47.5 Å². The van der Waals surface area contributed by atoms with E-state index in [0.717, 1.165) is 0 Å². The number of rotatable bonds is 18. The monoisotopic (exact) mass is 2920 g/mol. The Kier molecular flexibility index (Phi) is 53.7. The first-order valence-electron chi connectivity index (χ1n) is 38.9. The molecule has 0 spiro atoms. The van der Waals surface area contributed by atoms with Gasteiger partial charge in [0.15, 0.2) is 0 Å². The summed E-state index contributed by atoms with van der Waals surface area (Å²) in [7, 11) is -5.26. The molecule has 0 N–H and O–H groups in total. The molecular weight excluding hydrogens is 2820 g/mol. The maximum atomic E-state index is 2.24. The third kappa shape index (κ3) is 33.0. The molecule has 0 bridgehead atoms. The normalized spacial score (nSPS) is 9.89. The van der Waals surface area contributed by atoms with Gasteiger partial charge in [0.25, 0.3) is 0 Å². The van der Waals surface area contributed by atoms with Gasteiger partial charge in [-0.15, -0.1) is 0 Å². The van der Waals surface area contributed by atoms with Crippen molar-refractivity contribution in [3.63, 3.8) is 0 Å². The van der Waals surface area contributed by atoms with Crippen molar-refractivity contribution in [2.45, 2.75) is 0 Å². The summed E-state index contributed by atoms with van der Waals surface area (Å²) >= 11 is 0. The van der Waals surface area contributed by atoms with E-state index in [2.05, 4.69) is 546 Å². The summed E-state index contributed by atoms with van der Waals surface area (Å²) in [6.07, 6.45) is 0. The van der Waals surface area contributed by atoms with Gasteiger partial charge in [-0.3, -0.25) is 0 Å². The fourth-order valence-corrected chi connectivity index (χ4v) is 29.4. The largest absolute Gasteiger partial charge is 1.00 e. The molecule has 0 aliphatic rings. The Morgan fingerprint density at radius 3 is 0.156 bits per heavy atom. The smallest absolute Gasteiger partial charge is 0.0620 e. The van der Waals surface area contributed by atoms with Crippen LogP contribution in [0.1, 0.15) is 0 Å². The van der Waals surface area contributed by atoms with Gasteiger partial charge in [-0.05, 0) is 218 Å². The molecule has 18 rings (SSSR count). The Labute approximate surface area is 846 Å². The summed E-state index contributed by atoms with van der Waals surface area (Å²) in [6, 6.07) is 195. The van der Waals surface area contributed by atoms with Gasteiger partial charge < -0.3 is 0 Å². The predicted molar refractivity (Wildman–Crippen MR) is 531 cm³/mol. The minimum Gasteiger partial charge on any atom is -0.0620 e. The van der Waals surface area contributed by atoms with Crippen LogP contribution in [0.2, 0.25) is 0 Å². The predicted octanol–water partition coefficient (Wildman–Crippen LogP) is 18.3. The zero-order chi connectivity index (χ0) is 77.5. The standard InChI is InChI=1S/6C18H15P.6Au.2Se/c6*1-4-10-16(11-5-1)19(17-12-6-2-7-13-17)18-14-8-3-9-15-18;;;;;;;;/h6*1-15H;;;;;;;;/q;;;;;;;;;;;;2*+1/p+6. The molecule has 18 aromatic rings. The van der Waals surface area contributed by atoms with E-state index in [4.69, 9.17) is 0 Å². The van der Waals surface area contributed by atoms with Crippen LogP contribution in [0.25, 0.3) is 0 Å². The van der Waals surface area contributed by atoms with E-state index in [9.17, 15) is 0 Å². The second-order valence-corrected chi connectivity index (χ2v) is 41.7. The van der Waals surface area contributed by atoms with Gasteiger partial charge in [-0.2, -0.15) is 0 Å². The summed E-state index contributed by atoms with van der Waals surface area (Å²) in [5, 5.41) is 25.8. The Morgan fingerprint density at radius 1 is 0.0738 bits per heavy atom. The summed E-state index contributed by atoms with van der Waals surface area (Å²) in [6.45, 7) is 0. The van der Waals surface area contributed by atoms with Gasteiger partial charge in [0.2, 0.25) is 0 Å². The van der Waals surface area contributed by atoms with Crippen LogP contribution in [-0.4, -0.2) is 34.1 Å². The molecule has 0 fully saturated rings. The first kappa shape index (κ1) is 107. The summed E-state index contributed by atoms with van der Waals surface area (Å²) in [4.78, 5) is 0. The van der Waals surface area contributed by atoms with Gasteiger partial charge in [0, 0.05) is 134 Å². The minimum atomic E-state index is -0.877. The molecule has 0 unspecified atom stereocenters. The van der Waals surface area contributed by atoms with Crippen LogP contribution in [0.3, 0.4) is 0 Å². The fraction of sp³-hybridized carbons (Fsp3) is 0. The maximum absolute atomic E-state index is 2.24. The Morgan fingerprint density at radius 2 is 0.115 bits per heavy atom. The van der Waals surface area contributed by atoms with Gasteiger partial charge in [0.05, 0.1) is 47.5 Å². The molecule has 12 radical (unpaired) electrons. The fourth-order valence-electron chi connectivity index (χ4n) is 13.9. The van der Waals surface area contributed by atoms with Crippen molar-refractivity contribution in [3.05, 3.63) is 546 Å². The van der Waals surface area contributed by atoms with Crippen LogP contribution in [0.4, 0.5) is 0 Å². The molecule has 18 aromatic carbocycles. The van der Waals surface area contributed by atoms with Crippen molar-refractivity contribution in [3.8, 4) is 0 Å². The molecule has 0 aliphatic heterocycles. The van der Waals surface area contributed by atoms with Gasteiger partial charge in [0.1, 0.15) is 95.5 Å². The summed E-state index contributed by atoms with van der Waals surface area (Å²) in [5.74, 6) is 0. The average molecular weight is 2920 g/mol. The quantitative estimate of drug-likeness (QED) is 0.0593. The van der Waals surface area contributed by atoms with Crippen molar-refractivity contribution in [1.29, 1.82) is 0 Å². The van der Waals surface area contributed by atoms with Crippen molar-refractivity contribution < 1.29 is 134 Å². The SMILES string of the molecule is [Au].[Au].[Au].[Au].[Au].[Au].[Se+].[Se+].c1ccc([PH+](c2ccccc2)c2ccccc2)cc1.c1ccc([PH+](c2ccccc2)c2ccccc2)cc1.c1ccc([PH+](c2ccccc2)c2ccccc2)cc1.c1ccc([PH+](c2ccccc2)c2ccccc2)cc1.c1ccc([PH+](c2ccccc2)c2ccccc2)cc1.c1ccc([PH+](c2ccccc2)c2ccccc2)cc1. The number of benzene rings is 18. The molecule has 0 saturated carbocycles. The third-order valence-electron chi connectivity index (χ3n) is 19.1. The Balaban J connectivity index is 0.000000257. The van der Waals surface area contributed by atoms with Crippen molar-refractivity contribution in [2.24, 2.45) is 0 Å². The van der Waals surface area contributed by atoms with E-state index in [1.807, 2.05) is 0 Å². The van der Waals surface area contributed by atoms with E-state index in [1.165, 1.54) is 95.5 Å². The third-order valence-corrected chi connectivity index (χ3v) is 35.5. The van der Waals surface area contributed by atoms with Gasteiger partial charge >= 0.3 is 34.1 Å². The first-order valence-corrected chi connectivity index (χ1v) is 47.9. The van der Waals surface area contributed by atoms with Crippen LogP contribution < -0.4 is 95.5 Å². The number of hydrogen-bond donors (Lipinski definition) is 0. The van der Waals surface area contributed by atoms with Gasteiger partial charge in [-0.1, -0.05) is 328 Å². The molecule has 0 nitrogen and oxygen atoms in total. The van der Waals surface area contributed by atoms with Crippen molar-refractivity contribution in [2.75, 3.05) is 0 Å². The van der Waals surface area contributed by atoms with E-state index in [1.54, 1.807) is 0 Å². The molecule has 0 heterocycles. The molecule has 0 aromatic heterocycles. The molecule has 0 saturated heterocycles. The van der Waals surface area contributed by atoms with E-state index in [-0.39, 0.29) is 168 Å². The average Bonchev–Trinajstić information content (AvgIpc) is 0.853. The maximum Gasteiger partial charge on any atom is 1.00 e. The molecule has 122 heavy (non-hydrogen) atoms. The molecule has 14 heteroatoms. The molecule has 0 amide bonds. The van der Waals surface area contributed by atoms with Crippen LogP contribution in [0.5, 0.6) is 0 Å². The zero-order valence-corrected chi connectivity index (χ0v) is 89.0. The molecule has 0 atom stereocenters. The second kappa shape index (κ2) is 61.4. The van der Waals surface area contributed by atoms with Crippen LogP contribution in [-0.2, 0) is 134 Å². The van der Waals surface area contributed by atoms with Crippen LogP contribution in [0.15, 0.2) is 546 Å². The Hall–Kier alpha value is -5.98. The van der Waals surface area contributed by atoms with Crippen LogP contribution in [0, 0.1) is 0 Å². The summed E-state index contributed by atoms with van der Waals surface area (Å²) < 4.78 is 0. The minimum absolute atomic E-state index is 0. The number of hydrogen-bond acceptors (Lipinski definition) is 0. The molecule has 0 aliphatic carbocycles. The Bertz CT molecular complexity index is 4110. The van der Waals surface area contributed by atoms with Crippen molar-refractivity contribution in [1.82, 2.24) is 0 Å². The zero-order valence-electron chi connectivity index (χ0n) is 66.6. The van der Waals surface area contributed by atoms with E-state index in [0.29, 0.717) is 0 Å².